The van der Waals surface area contributed by atoms with Crippen LogP contribution in [0.15, 0.2) is 51.8 Å². The van der Waals surface area contributed by atoms with Gasteiger partial charge in [-0.25, -0.2) is 0 Å². The van der Waals surface area contributed by atoms with Crippen LogP contribution in [0.1, 0.15) is 29.0 Å². The van der Waals surface area contributed by atoms with Gasteiger partial charge >= 0.3 is 0 Å². The van der Waals surface area contributed by atoms with E-state index in [1.165, 1.54) is 0 Å². The van der Waals surface area contributed by atoms with Crippen LogP contribution in [0.3, 0.4) is 0 Å². The molecule has 0 saturated carbocycles. The van der Waals surface area contributed by atoms with Gasteiger partial charge < -0.3 is 10.6 Å². The molecule has 2 aromatic rings. The van der Waals surface area contributed by atoms with E-state index in [0.717, 1.165) is 41.2 Å². The van der Waals surface area contributed by atoms with Crippen LogP contribution in [0.2, 0.25) is 0 Å². The zero-order valence-corrected chi connectivity index (χ0v) is 17.8. The van der Waals surface area contributed by atoms with E-state index in [9.17, 15) is 10.5 Å². The van der Waals surface area contributed by atoms with Gasteiger partial charge in [0.15, 0.2) is 0 Å². The molecule has 6 nitrogen and oxygen atoms in total. The number of aromatic amines is 1. The SMILES string of the molecule is Cl.Cl.N#CC1=C(C2=CCCNC2)Nc2[nH]ncc2C1c1cccc(C#N)c1Br. The first-order chi connectivity index (χ1) is 12.7. The number of fused-ring (bicyclic) bond motifs is 1. The Labute approximate surface area is 183 Å². The number of hydrogen-bond acceptors (Lipinski definition) is 5. The second kappa shape index (κ2) is 9.27. The first-order valence-corrected chi connectivity index (χ1v) is 9.07. The summed E-state index contributed by atoms with van der Waals surface area (Å²) in [6.07, 6.45) is 4.82. The van der Waals surface area contributed by atoms with Crippen molar-refractivity contribution >= 4 is 46.6 Å². The molecule has 3 N–H and O–H groups in total. The van der Waals surface area contributed by atoms with E-state index in [1.807, 2.05) is 12.1 Å². The Morgan fingerprint density at radius 3 is 2.64 bits per heavy atom. The van der Waals surface area contributed by atoms with E-state index >= 15 is 0 Å². The van der Waals surface area contributed by atoms with Crippen molar-refractivity contribution in [3.05, 3.63) is 68.5 Å². The normalized spacial score (nSPS) is 17.7. The second-order valence-electron chi connectivity index (χ2n) is 6.17. The molecule has 1 unspecified atom stereocenters. The summed E-state index contributed by atoms with van der Waals surface area (Å²) in [6, 6.07) is 10.1. The molecule has 2 aliphatic rings. The quantitative estimate of drug-likeness (QED) is 0.600. The predicted molar refractivity (Wildman–Crippen MR) is 116 cm³/mol. The summed E-state index contributed by atoms with van der Waals surface area (Å²) < 4.78 is 0.712. The number of H-pyrrole nitrogens is 1. The molecule has 1 atom stereocenters. The van der Waals surface area contributed by atoms with Crippen molar-refractivity contribution in [3.8, 4) is 12.1 Å². The van der Waals surface area contributed by atoms with Crippen molar-refractivity contribution in [2.75, 3.05) is 18.4 Å². The average molecular weight is 480 g/mol. The fourth-order valence-corrected chi connectivity index (χ4v) is 4.08. The zero-order valence-electron chi connectivity index (χ0n) is 14.6. The van der Waals surface area contributed by atoms with Crippen LogP contribution < -0.4 is 10.6 Å². The number of allylic oxidation sites excluding steroid dienone is 1. The lowest BCUT2D eigenvalue weighted by Crippen LogP contribution is -2.28. The molecule has 0 amide bonds. The molecule has 144 valence electrons. The third kappa shape index (κ3) is 3.67. The van der Waals surface area contributed by atoms with Crippen molar-refractivity contribution in [2.45, 2.75) is 12.3 Å². The Morgan fingerprint density at radius 2 is 1.96 bits per heavy atom. The summed E-state index contributed by atoms with van der Waals surface area (Å²) in [5.41, 5.74) is 4.84. The summed E-state index contributed by atoms with van der Waals surface area (Å²) in [5.74, 6) is 0.486. The predicted octanol–water partition coefficient (Wildman–Crippen LogP) is 4.14. The summed E-state index contributed by atoms with van der Waals surface area (Å²) in [6.45, 7) is 1.65. The van der Waals surface area contributed by atoms with Crippen LogP contribution in [0.25, 0.3) is 0 Å². The highest BCUT2D eigenvalue weighted by atomic mass is 79.9. The fraction of sp³-hybridized carbons (Fsp3) is 0.211. The Hall–Kier alpha value is -2.29. The first kappa shape index (κ1) is 22.0. The molecule has 0 fully saturated rings. The van der Waals surface area contributed by atoms with E-state index in [-0.39, 0.29) is 30.7 Å². The first-order valence-electron chi connectivity index (χ1n) is 8.27. The highest BCUT2D eigenvalue weighted by Gasteiger charge is 2.33. The summed E-state index contributed by atoms with van der Waals surface area (Å²) in [7, 11) is 0. The van der Waals surface area contributed by atoms with Gasteiger partial charge in [0.1, 0.15) is 11.9 Å². The maximum Gasteiger partial charge on any atom is 0.130 e. The van der Waals surface area contributed by atoms with E-state index in [1.54, 1.807) is 12.3 Å². The molecule has 1 aromatic carbocycles. The average Bonchev–Trinajstić information content (AvgIpc) is 3.16. The molecule has 9 heteroatoms. The standard InChI is InChI=1S/C19H15BrN6.2ClH/c20-17-11(7-21)3-1-5-13(17)16-14(8-22)18(12-4-2-6-23-9-12)25-19-15(16)10-24-26-19;;/h1,3-5,10,16,23H,2,6,9H2,(H2,24,25,26);2*1H. The van der Waals surface area contributed by atoms with Crippen molar-refractivity contribution < 1.29 is 0 Å². The van der Waals surface area contributed by atoms with Crippen molar-refractivity contribution in [1.29, 1.82) is 10.5 Å². The molecular weight excluding hydrogens is 463 g/mol. The van der Waals surface area contributed by atoms with E-state index in [2.05, 4.69) is 55.0 Å². The molecule has 3 heterocycles. The van der Waals surface area contributed by atoms with Crippen LogP contribution in [0, 0.1) is 22.7 Å². The molecule has 28 heavy (non-hydrogen) atoms. The van der Waals surface area contributed by atoms with Gasteiger partial charge in [0.25, 0.3) is 0 Å². The largest absolute Gasteiger partial charge is 0.339 e. The Balaban J connectivity index is 0.00000140. The number of nitriles is 2. The van der Waals surface area contributed by atoms with Crippen molar-refractivity contribution in [1.82, 2.24) is 15.5 Å². The zero-order chi connectivity index (χ0) is 18.1. The molecule has 0 saturated heterocycles. The van der Waals surface area contributed by atoms with Gasteiger partial charge in [0.2, 0.25) is 0 Å². The van der Waals surface area contributed by atoms with Gasteiger partial charge in [0.05, 0.1) is 35.0 Å². The number of aromatic nitrogens is 2. The topological polar surface area (TPSA) is 100 Å². The number of anilines is 1. The fourth-order valence-electron chi connectivity index (χ4n) is 3.50. The molecule has 2 aliphatic heterocycles. The number of hydrogen-bond donors (Lipinski definition) is 3. The number of benzene rings is 1. The van der Waals surface area contributed by atoms with Crippen molar-refractivity contribution in [2.24, 2.45) is 0 Å². The highest BCUT2D eigenvalue weighted by molar-refractivity contribution is 9.10. The third-order valence-electron chi connectivity index (χ3n) is 4.72. The summed E-state index contributed by atoms with van der Waals surface area (Å²) in [5, 5.41) is 33.2. The summed E-state index contributed by atoms with van der Waals surface area (Å²) in [4.78, 5) is 0. The highest BCUT2D eigenvalue weighted by Crippen LogP contribution is 2.44. The molecule has 0 radical (unpaired) electrons. The van der Waals surface area contributed by atoms with Gasteiger partial charge in [0, 0.05) is 16.6 Å². The third-order valence-corrected chi connectivity index (χ3v) is 5.60. The minimum Gasteiger partial charge on any atom is -0.339 e. The van der Waals surface area contributed by atoms with Crippen LogP contribution in [0.5, 0.6) is 0 Å². The number of nitrogens with zero attached hydrogens (tertiary/aromatic N) is 3. The monoisotopic (exact) mass is 478 g/mol. The van der Waals surface area contributed by atoms with Crippen LogP contribution >= 0.6 is 40.7 Å². The van der Waals surface area contributed by atoms with Gasteiger partial charge in [-0.05, 0) is 46.1 Å². The van der Waals surface area contributed by atoms with E-state index in [4.69, 9.17) is 0 Å². The van der Waals surface area contributed by atoms with Gasteiger partial charge in [-0.1, -0.05) is 18.2 Å². The van der Waals surface area contributed by atoms with Gasteiger partial charge in [-0.3, -0.25) is 5.10 Å². The number of rotatable bonds is 2. The lowest BCUT2D eigenvalue weighted by molar-refractivity contribution is 0.704. The molecule has 0 bridgehead atoms. The Bertz CT molecular complexity index is 1030. The van der Waals surface area contributed by atoms with Crippen molar-refractivity contribution in [3.63, 3.8) is 0 Å². The van der Waals surface area contributed by atoms with Crippen LogP contribution in [-0.4, -0.2) is 23.3 Å². The Kier molecular flexibility index (Phi) is 7.29. The lowest BCUT2D eigenvalue weighted by Gasteiger charge is -2.29. The number of nitrogens with one attached hydrogen (secondary N) is 3. The Morgan fingerprint density at radius 1 is 1.14 bits per heavy atom. The second-order valence-corrected chi connectivity index (χ2v) is 6.97. The van der Waals surface area contributed by atoms with Crippen LogP contribution in [-0.2, 0) is 0 Å². The molecular formula is C19H17BrCl2N6. The molecule has 1 aromatic heterocycles. The summed E-state index contributed by atoms with van der Waals surface area (Å²) >= 11 is 3.56. The number of halogens is 3. The molecule has 0 spiro atoms. The molecule has 0 aliphatic carbocycles. The smallest absolute Gasteiger partial charge is 0.130 e. The minimum atomic E-state index is -0.296. The van der Waals surface area contributed by atoms with E-state index < -0.39 is 0 Å². The van der Waals surface area contributed by atoms with Crippen LogP contribution in [0.4, 0.5) is 5.82 Å². The maximum atomic E-state index is 10.00. The van der Waals surface area contributed by atoms with Gasteiger partial charge in [-0.15, -0.1) is 24.8 Å². The lowest BCUT2D eigenvalue weighted by atomic mass is 9.81. The molecule has 4 rings (SSSR count). The minimum absolute atomic E-state index is 0. The van der Waals surface area contributed by atoms with E-state index in [0.29, 0.717) is 22.2 Å². The maximum absolute atomic E-state index is 10.00. The van der Waals surface area contributed by atoms with Gasteiger partial charge in [-0.2, -0.15) is 15.6 Å².